The van der Waals surface area contributed by atoms with Crippen LogP contribution in [0.15, 0.2) is 67.0 Å². The summed E-state index contributed by atoms with van der Waals surface area (Å²) in [5, 5.41) is 10.2. The van der Waals surface area contributed by atoms with Gasteiger partial charge >= 0.3 is 0 Å². The summed E-state index contributed by atoms with van der Waals surface area (Å²) in [6.07, 6.45) is 3.54. The van der Waals surface area contributed by atoms with Crippen LogP contribution in [0.25, 0.3) is 5.69 Å². The van der Waals surface area contributed by atoms with Crippen molar-refractivity contribution in [2.45, 2.75) is 5.75 Å². The Morgan fingerprint density at radius 1 is 1.04 bits per heavy atom. The van der Waals surface area contributed by atoms with Crippen molar-refractivity contribution in [2.75, 3.05) is 17.6 Å². The first-order valence-electron chi connectivity index (χ1n) is 8.59. The molecule has 3 aromatic rings. The topological polar surface area (TPSA) is 76.0 Å². The minimum Gasteiger partial charge on any atom is -0.346 e. The van der Waals surface area contributed by atoms with Gasteiger partial charge in [-0.2, -0.15) is 5.10 Å². The number of benzene rings is 2. The van der Waals surface area contributed by atoms with Crippen LogP contribution in [0.1, 0.15) is 5.56 Å². The first kappa shape index (κ1) is 20.0. The molecular weight excluding hydrogens is 396 g/mol. The molecular formula is C20H19ClN4O2S. The largest absolute Gasteiger partial charge is 0.346 e. The Balaban J connectivity index is 1.36. The van der Waals surface area contributed by atoms with Gasteiger partial charge in [0.1, 0.15) is 0 Å². The molecule has 0 unspecified atom stereocenters. The van der Waals surface area contributed by atoms with Crippen LogP contribution in [-0.2, 0) is 15.3 Å². The summed E-state index contributed by atoms with van der Waals surface area (Å²) in [4.78, 5) is 23.9. The Hall–Kier alpha value is -2.77. The van der Waals surface area contributed by atoms with Crippen molar-refractivity contribution < 1.29 is 9.59 Å². The van der Waals surface area contributed by atoms with Crippen molar-refractivity contribution >= 4 is 40.9 Å². The van der Waals surface area contributed by atoms with E-state index < -0.39 is 0 Å². The van der Waals surface area contributed by atoms with E-state index in [0.717, 1.165) is 11.3 Å². The molecule has 0 bridgehead atoms. The number of hydrogen-bond acceptors (Lipinski definition) is 4. The van der Waals surface area contributed by atoms with Crippen molar-refractivity contribution in [2.24, 2.45) is 0 Å². The van der Waals surface area contributed by atoms with E-state index in [4.69, 9.17) is 11.6 Å². The maximum Gasteiger partial charge on any atom is 0.243 e. The number of carbonyl (C=O) groups is 2. The number of hydrogen-bond donors (Lipinski definition) is 2. The molecule has 28 heavy (non-hydrogen) atoms. The highest BCUT2D eigenvalue weighted by Crippen LogP contribution is 2.15. The number of aromatic nitrogens is 2. The van der Waals surface area contributed by atoms with Gasteiger partial charge in [0.15, 0.2) is 0 Å². The molecule has 2 aromatic carbocycles. The van der Waals surface area contributed by atoms with Gasteiger partial charge in [-0.05, 0) is 48.0 Å². The quantitative estimate of drug-likeness (QED) is 0.591. The molecule has 1 aromatic heterocycles. The minimum atomic E-state index is -0.275. The summed E-state index contributed by atoms with van der Waals surface area (Å²) in [5.41, 5.74) is 2.65. The SMILES string of the molecule is O=C(CSCc1ccc(Cl)cc1)NCC(=O)Nc1ccc(-n2cccn2)cc1. The molecule has 0 spiro atoms. The Labute approximate surface area is 172 Å². The van der Waals surface area contributed by atoms with Crippen molar-refractivity contribution in [3.8, 4) is 5.69 Å². The highest BCUT2D eigenvalue weighted by atomic mass is 35.5. The van der Waals surface area contributed by atoms with E-state index in [1.54, 1.807) is 23.0 Å². The first-order chi connectivity index (χ1) is 13.6. The van der Waals surface area contributed by atoms with E-state index in [9.17, 15) is 9.59 Å². The van der Waals surface area contributed by atoms with Gasteiger partial charge in [-0.15, -0.1) is 11.8 Å². The molecule has 0 aliphatic rings. The molecule has 0 fully saturated rings. The second-order valence-corrected chi connectivity index (χ2v) is 7.36. The highest BCUT2D eigenvalue weighted by molar-refractivity contribution is 7.99. The van der Waals surface area contributed by atoms with Crippen molar-refractivity contribution in [3.63, 3.8) is 0 Å². The van der Waals surface area contributed by atoms with E-state index in [2.05, 4.69) is 15.7 Å². The molecule has 2 amide bonds. The average Bonchev–Trinajstić information content (AvgIpc) is 3.23. The summed E-state index contributed by atoms with van der Waals surface area (Å²) in [6, 6.07) is 16.6. The third kappa shape index (κ3) is 6.14. The number of carbonyl (C=O) groups excluding carboxylic acids is 2. The molecule has 0 aliphatic heterocycles. The fourth-order valence-corrected chi connectivity index (χ4v) is 3.34. The summed E-state index contributed by atoms with van der Waals surface area (Å²) < 4.78 is 1.73. The first-order valence-corrected chi connectivity index (χ1v) is 10.1. The van der Waals surface area contributed by atoms with Crippen molar-refractivity contribution in [1.82, 2.24) is 15.1 Å². The van der Waals surface area contributed by atoms with Gasteiger partial charge in [-0.25, -0.2) is 4.68 Å². The van der Waals surface area contributed by atoms with Gasteiger partial charge in [0, 0.05) is 28.9 Å². The van der Waals surface area contributed by atoms with Crippen molar-refractivity contribution in [3.05, 3.63) is 77.6 Å². The third-order valence-corrected chi connectivity index (χ3v) is 5.04. The van der Waals surface area contributed by atoms with Crippen LogP contribution < -0.4 is 10.6 Å². The molecule has 144 valence electrons. The predicted octanol–water partition coefficient (Wildman–Crippen LogP) is 3.51. The molecule has 8 heteroatoms. The van der Waals surface area contributed by atoms with E-state index >= 15 is 0 Å². The Morgan fingerprint density at radius 2 is 1.79 bits per heavy atom. The normalized spacial score (nSPS) is 10.5. The van der Waals surface area contributed by atoms with Crippen LogP contribution in [0.2, 0.25) is 5.02 Å². The van der Waals surface area contributed by atoms with Gasteiger partial charge in [-0.3, -0.25) is 9.59 Å². The molecule has 0 aliphatic carbocycles. The van der Waals surface area contributed by atoms with E-state index in [1.165, 1.54) is 11.8 Å². The molecule has 0 saturated carbocycles. The van der Waals surface area contributed by atoms with Crippen LogP contribution in [0, 0.1) is 0 Å². The number of thioether (sulfide) groups is 1. The summed E-state index contributed by atoms with van der Waals surface area (Å²) >= 11 is 7.32. The lowest BCUT2D eigenvalue weighted by Crippen LogP contribution is -2.33. The van der Waals surface area contributed by atoms with Crippen molar-refractivity contribution in [1.29, 1.82) is 0 Å². The summed E-state index contributed by atoms with van der Waals surface area (Å²) in [6.45, 7) is -0.0682. The smallest absolute Gasteiger partial charge is 0.243 e. The highest BCUT2D eigenvalue weighted by Gasteiger charge is 2.07. The van der Waals surface area contributed by atoms with Crippen LogP contribution in [0.3, 0.4) is 0 Å². The number of amides is 2. The number of rotatable bonds is 8. The molecule has 3 rings (SSSR count). The zero-order valence-corrected chi connectivity index (χ0v) is 16.5. The number of halogens is 1. The Morgan fingerprint density at radius 3 is 2.46 bits per heavy atom. The number of nitrogens with zero attached hydrogens (tertiary/aromatic N) is 2. The van der Waals surface area contributed by atoms with Gasteiger partial charge in [0.2, 0.25) is 11.8 Å². The second-order valence-electron chi connectivity index (χ2n) is 5.94. The van der Waals surface area contributed by atoms with E-state index in [0.29, 0.717) is 16.5 Å². The fraction of sp³-hybridized carbons (Fsp3) is 0.150. The summed E-state index contributed by atoms with van der Waals surface area (Å²) in [7, 11) is 0. The summed E-state index contributed by atoms with van der Waals surface area (Å²) in [5.74, 6) is 0.541. The van der Waals surface area contributed by atoms with Crippen LogP contribution in [0.4, 0.5) is 5.69 Å². The van der Waals surface area contributed by atoms with Crippen LogP contribution >= 0.6 is 23.4 Å². The zero-order chi connectivity index (χ0) is 19.8. The lowest BCUT2D eigenvalue weighted by Gasteiger charge is -2.08. The van der Waals surface area contributed by atoms with Gasteiger partial charge < -0.3 is 10.6 Å². The van der Waals surface area contributed by atoms with Gasteiger partial charge in [0.05, 0.1) is 18.0 Å². The monoisotopic (exact) mass is 414 g/mol. The molecule has 1 heterocycles. The molecule has 0 saturated heterocycles. The zero-order valence-electron chi connectivity index (χ0n) is 15.0. The van der Waals surface area contributed by atoms with Gasteiger partial charge in [-0.1, -0.05) is 23.7 Å². The lowest BCUT2D eigenvalue weighted by molar-refractivity contribution is -0.122. The maximum atomic E-state index is 12.0. The standard InChI is InChI=1S/C20H19ClN4O2S/c21-16-4-2-15(3-5-16)13-28-14-20(27)22-12-19(26)24-17-6-8-18(9-7-17)25-11-1-10-23-25/h1-11H,12-14H2,(H,22,27)(H,24,26). The number of nitrogens with one attached hydrogen (secondary N) is 2. The lowest BCUT2D eigenvalue weighted by atomic mass is 10.2. The predicted molar refractivity (Wildman–Crippen MR) is 113 cm³/mol. The maximum absolute atomic E-state index is 12.0. The Kier molecular flexibility index (Phi) is 7.11. The van der Waals surface area contributed by atoms with Crippen LogP contribution in [-0.4, -0.2) is 33.9 Å². The fourth-order valence-electron chi connectivity index (χ4n) is 2.40. The van der Waals surface area contributed by atoms with E-state index in [-0.39, 0.29) is 24.1 Å². The third-order valence-electron chi connectivity index (χ3n) is 3.78. The molecule has 0 radical (unpaired) electrons. The minimum absolute atomic E-state index is 0.0682. The molecule has 2 N–H and O–H groups in total. The van der Waals surface area contributed by atoms with Crippen LogP contribution in [0.5, 0.6) is 0 Å². The number of anilines is 1. The molecule has 6 nitrogen and oxygen atoms in total. The second kappa shape index (κ2) is 9.96. The van der Waals surface area contributed by atoms with Gasteiger partial charge in [0.25, 0.3) is 0 Å². The molecule has 0 atom stereocenters. The Bertz CT molecular complexity index is 912. The average molecular weight is 415 g/mol. The van der Waals surface area contributed by atoms with E-state index in [1.807, 2.05) is 48.7 Å².